The van der Waals surface area contributed by atoms with E-state index in [1.807, 2.05) is 18.2 Å². The summed E-state index contributed by atoms with van der Waals surface area (Å²) in [4.78, 5) is 0. The van der Waals surface area contributed by atoms with E-state index in [-0.39, 0.29) is 0 Å². The van der Waals surface area contributed by atoms with Crippen LogP contribution in [0.3, 0.4) is 0 Å². The maximum atomic E-state index is 5.65. The Kier molecular flexibility index (Phi) is 2.44. The zero-order valence-corrected chi connectivity index (χ0v) is 9.10. The molecular weight excluding hydrogens is 230 g/mol. The molecule has 13 heavy (non-hydrogen) atoms. The van der Waals surface area contributed by atoms with Crippen LogP contribution in [0.2, 0.25) is 0 Å². The van der Waals surface area contributed by atoms with Crippen molar-refractivity contribution < 1.29 is 4.74 Å². The summed E-state index contributed by atoms with van der Waals surface area (Å²) in [6.45, 7) is 3.93. The van der Waals surface area contributed by atoms with Gasteiger partial charge in [0.15, 0.2) is 0 Å². The Bertz CT molecular complexity index is 314. The van der Waals surface area contributed by atoms with Gasteiger partial charge in [0.1, 0.15) is 5.75 Å². The number of fused-ring (bicyclic) bond motifs is 1. The molecule has 0 aliphatic carbocycles. The molecule has 0 saturated heterocycles. The molecule has 1 aliphatic rings. The van der Waals surface area contributed by atoms with Crippen LogP contribution in [0.5, 0.6) is 5.75 Å². The molecule has 0 radical (unpaired) electrons. The lowest BCUT2D eigenvalue weighted by molar-refractivity contribution is 0.275. The van der Waals surface area contributed by atoms with Gasteiger partial charge in [0.2, 0.25) is 0 Å². The van der Waals surface area contributed by atoms with Gasteiger partial charge >= 0.3 is 0 Å². The molecule has 1 aliphatic heterocycles. The van der Waals surface area contributed by atoms with E-state index in [1.165, 1.54) is 0 Å². The number of anilines is 1. The van der Waals surface area contributed by atoms with E-state index in [4.69, 9.17) is 4.74 Å². The van der Waals surface area contributed by atoms with Gasteiger partial charge in [0, 0.05) is 16.9 Å². The summed E-state index contributed by atoms with van der Waals surface area (Å²) in [6.07, 6.45) is 0. The predicted molar refractivity (Wildman–Crippen MR) is 57.3 cm³/mol. The predicted octanol–water partition coefficient (Wildman–Crippen LogP) is 2.89. The van der Waals surface area contributed by atoms with Gasteiger partial charge in [0.05, 0.1) is 12.3 Å². The third-order valence-corrected chi connectivity index (χ3v) is 2.79. The molecule has 1 unspecified atom stereocenters. The van der Waals surface area contributed by atoms with E-state index in [0.717, 1.165) is 29.1 Å². The van der Waals surface area contributed by atoms with Crippen molar-refractivity contribution in [1.29, 1.82) is 0 Å². The number of hydrogen-bond donors (Lipinski definition) is 1. The Labute approximate surface area is 86.4 Å². The van der Waals surface area contributed by atoms with E-state index >= 15 is 0 Å². The Balaban J connectivity index is 2.35. The summed E-state index contributed by atoms with van der Waals surface area (Å²) in [5.41, 5.74) is 1.08. The summed E-state index contributed by atoms with van der Waals surface area (Å²) >= 11 is 3.49. The van der Waals surface area contributed by atoms with Crippen molar-refractivity contribution >= 4 is 21.6 Å². The second-order valence-corrected chi connectivity index (χ2v) is 4.26. The molecule has 0 saturated carbocycles. The van der Waals surface area contributed by atoms with Gasteiger partial charge in [-0.2, -0.15) is 0 Å². The van der Waals surface area contributed by atoms with Gasteiger partial charge in [-0.1, -0.05) is 13.0 Å². The molecule has 1 atom stereocenters. The molecule has 0 bridgehead atoms. The number of halogens is 1. The first-order valence-electron chi connectivity index (χ1n) is 4.42. The fourth-order valence-electron chi connectivity index (χ4n) is 1.36. The molecule has 0 aromatic heterocycles. The van der Waals surface area contributed by atoms with Gasteiger partial charge in [-0.3, -0.25) is 0 Å². The minimum Gasteiger partial charge on any atom is -0.491 e. The fourth-order valence-corrected chi connectivity index (χ4v) is 1.85. The van der Waals surface area contributed by atoms with Crippen LogP contribution in [0, 0.1) is 5.92 Å². The minimum atomic E-state index is 0.555. The number of nitrogens with one attached hydrogen (secondary N) is 1. The minimum absolute atomic E-state index is 0.555. The first kappa shape index (κ1) is 8.88. The van der Waals surface area contributed by atoms with Crippen LogP contribution in [0.4, 0.5) is 5.69 Å². The van der Waals surface area contributed by atoms with Crippen molar-refractivity contribution in [1.82, 2.24) is 0 Å². The highest BCUT2D eigenvalue weighted by atomic mass is 79.9. The van der Waals surface area contributed by atoms with Crippen molar-refractivity contribution in [2.24, 2.45) is 5.92 Å². The lowest BCUT2D eigenvalue weighted by atomic mass is 10.2. The molecule has 70 valence electrons. The van der Waals surface area contributed by atoms with E-state index in [0.29, 0.717) is 5.92 Å². The molecule has 1 heterocycles. The molecule has 2 nitrogen and oxygen atoms in total. The zero-order chi connectivity index (χ0) is 9.26. The van der Waals surface area contributed by atoms with Crippen molar-refractivity contribution in [2.75, 3.05) is 18.5 Å². The number of benzene rings is 1. The van der Waals surface area contributed by atoms with Gasteiger partial charge in [-0.15, -0.1) is 0 Å². The Hall–Kier alpha value is -0.700. The van der Waals surface area contributed by atoms with Crippen LogP contribution in [0.1, 0.15) is 6.92 Å². The Morgan fingerprint density at radius 1 is 1.54 bits per heavy atom. The van der Waals surface area contributed by atoms with Gasteiger partial charge < -0.3 is 10.1 Å². The molecule has 0 spiro atoms. The second kappa shape index (κ2) is 3.58. The molecule has 1 N–H and O–H groups in total. The van der Waals surface area contributed by atoms with Crippen LogP contribution in [-0.4, -0.2) is 13.2 Å². The van der Waals surface area contributed by atoms with Crippen molar-refractivity contribution in [2.45, 2.75) is 6.92 Å². The van der Waals surface area contributed by atoms with Crippen molar-refractivity contribution in [3.8, 4) is 5.75 Å². The Morgan fingerprint density at radius 2 is 2.38 bits per heavy atom. The van der Waals surface area contributed by atoms with Crippen LogP contribution in [0.25, 0.3) is 0 Å². The lowest BCUT2D eigenvalue weighted by Gasteiger charge is -2.08. The highest BCUT2D eigenvalue weighted by Gasteiger charge is 2.14. The first-order chi connectivity index (χ1) is 6.27. The molecule has 2 rings (SSSR count). The number of para-hydroxylation sites is 1. The molecule has 0 amide bonds. The topological polar surface area (TPSA) is 21.3 Å². The molecule has 0 fully saturated rings. The molecule has 1 aromatic rings. The lowest BCUT2D eigenvalue weighted by Crippen LogP contribution is -2.13. The monoisotopic (exact) mass is 241 g/mol. The number of hydrogen-bond acceptors (Lipinski definition) is 2. The fraction of sp³-hybridized carbons (Fsp3) is 0.400. The molecule has 1 aromatic carbocycles. The summed E-state index contributed by atoms with van der Waals surface area (Å²) in [5.74, 6) is 1.50. The average molecular weight is 242 g/mol. The summed E-state index contributed by atoms with van der Waals surface area (Å²) < 4.78 is 6.72. The average Bonchev–Trinajstić information content (AvgIpc) is 2.30. The number of rotatable bonds is 0. The van der Waals surface area contributed by atoms with Gasteiger partial charge in [-0.25, -0.2) is 0 Å². The van der Waals surface area contributed by atoms with E-state index < -0.39 is 0 Å². The number of ether oxygens (including phenoxy) is 1. The third-order valence-electron chi connectivity index (χ3n) is 2.13. The van der Waals surface area contributed by atoms with E-state index in [1.54, 1.807) is 0 Å². The first-order valence-corrected chi connectivity index (χ1v) is 5.22. The van der Waals surface area contributed by atoms with E-state index in [2.05, 4.69) is 28.2 Å². The SMILES string of the molecule is CC1CNc2c(Br)cccc2OC1. The largest absolute Gasteiger partial charge is 0.491 e. The Morgan fingerprint density at radius 3 is 3.23 bits per heavy atom. The normalized spacial score (nSPS) is 20.9. The van der Waals surface area contributed by atoms with Crippen LogP contribution in [0.15, 0.2) is 22.7 Å². The molecule has 3 heteroatoms. The smallest absolute Gasteiger partial charge is 0.143 e. The summed E-state index contributed by atoms with van der Waals surface area (Å²) in [6, 6.07) is 6.00. The molecular formula is C10H12BrNO. The van der Waals surface area contributed by atoms with Crippen LogP contribution >= 0.6 is 15.9 Å². The highest BCUT2D eigenvalue weighted by molar-refractivity contribution is 9.10. The van der Waals surface area contributed by atoms with Crippen LogP contribution < -0.4 is 10.1 Å². The summed E-state index contributed by atoms with van der Waals surface area (Å²) in [7, 11) is 0. The van der Waals surface area contributed by atoms with Crippen molar-refractivity contribution in [3.63, 3.8) is 0 Å². The maximum absolute atomic E-state index is 5.65. The van der Waals surface area contributed by atoms with Gasteiger partial charge in [-0.05, 0) is 28.1 Å². The maximum Gasteiger partial charge on any atom is 0.143 e. The van der Waals surface area contributed by atoms with Gasteiger partial charge in [0.25, 0.3) is 0 Å². The van der Waals surface area contributed by atoms with Crippen molar-refractivity contribution in [3.05, 3.63) is 22.7 Å². The second-order valence-electron chi connectivity index (χ2n) is 3.41. The van der Waals surface area contributed by atoms with Crippen LogP contribution in [-0.2, 0) is 0 Å². The quantitative estimate of drug-likeness (QED) is 0.755. The zero-order valence-electron chi connectivity index (χ0n) is 7.51. The van der Waals surface area contributed by atoms with E-state index in [9.17, 15) is 0 Å². The summed E-state index contributed by atoms with van der Waals surface area (Å²) in [5, 5.41) is 3.37. The third kappa shape index (κ3) is 1.80. The highest BCUT2D eigenvalue weighted by Crippen LogP contribution is 2.34. The standard InChI is InChI=1S/C10H12BrNO/c1-7-5-12-10-8(11)3-2-4-9(10)13-6-7/h2-4,7,12H,5-6H2,1H3.